The van der Waals surface area contributed by atoms with Crippen molar-refractivity contribution in [3.8, 4) is 0 Å². The summed E-state index contributed by atoms with van der Waals surface area (Å²) in [5.41, 5.74) is 0.785. The van der Waals surface area contributed by atoms with Gasteiger partial charge in [-0.1, -0.05) is 6.92 Å². The highest BCUT2D eigenvalue weighted by Gasteiger charge is 2.16. The number of anilines is 1. The second-order valence-electron chi connectivity index (χ2n) is 4.00. The van der Waals surface area contributed by atoms with Gasteiger partial charge in [-0.3, -0.25) is 4.79 Å². The molecule has 0 saturated carbocycles. The van der Waals surface area contributed by atoms with Crippen molar-refractivity contribution in [1.82, 2.24) is 4.98 Å². The molecule has 18 heavy (non-hydrogen) atoms. The second kappa shape index (κ2) is 7.63. The molecule has 4 nitrogen and oxygen atoms in total. The summed E-state index contributed by atoms with van der Waals surface area (Å²) in [4.78, 5) is 17.9. The van der Waals surface area contributed by atoms with E-state index in [4.69, 9.17) is 0 Å². The van der Waals surface area contributed by atoms with Gasteiger partial charge in [0.1, 0.15) is 0 Å². The molecule has 0 aromatic carbocycles. The van der Waals surface area contributed by atoms with E-state index in [1.165, 1.54) is 7.11 Å². The van der Waals surface area contributed by atoms with Gasteiger partial charge in [0.15, 0.2) is 5.13 Å². The van der Waals surface area contributed by atoms with Crippen LogP contribution in [0.25, 0.3) is 0 Å². The van der Waals surface area contributed by atoms with Crippen molar-refractivity contribution in [2.24, 2.45) is 0 Å². The van der Waals surface area contributed by atoms with Crippen LogP contribution in [0.3, 0.4) is 0 Å². The van der Waals surface area contributed by atoms with E-state index in [0.717, 1.165) is 23.0 Å². The maximum atomic E-state index is 11.2. The Hall–Kier alpha value is -0.750. The number of carbonyl (C=O) groups excluding carboxylic acids is 1. The Balaban J connectivity index is 2.68. The summed E-state index contributed by atoms with van der Waals surface area (Å²) in [6, 6.07) is 0.483. The fourth-order valence-corrected chi connectivity index (χ4v) is 3.32. The van der Waals surface area contributed by atoms with Crippen LogP contribution in [0.2, 0.25) is 0 Å². The van der Waals surface area contributed by atoms with Crippen LogP contribution in [-0.4, -0.2) is 43.2 Å². The molecule has 0 saturated heterocycles. The Labute approximate surface area is 117 Å². The fourth-order valence-electron chi connectivity index (χ4n) is 1.61. The second-order valence-corrected chi connectivity index (χ2v) is 5.75. The van der Waals surface area contributed by atoms with Crippen molar-refractivity contribution in [1.29, 1.82) is 0 Å². The van der Waals surface area contributed by atoms with Gasteiger partial charge in [0.05, 0.1) is 19.2 Å². The highest BCUT2D eigenvalue weighted by Crippen LogP contribution is 2.23. The SMILES string of the molecule is CCC(CSC)N(C)c1nc(CC(=O)OC)cs1. The van der Waals surface area contributed by atoms with Gasteiger partial charge < -0.3 is 9.64 Å². The number of esters is 1. The molecular weight excluding hydrogens is 268 g/mol. The predicted octanol–water partition coefficient (Wildman–Crippen LogP) is 2.44. The molecule has 1 aromatic heterocycles. The minimum atomic E-state index is -0.245. The molecule has 0 aliphatic rings. The van der Waals surface area contributed by atoms with Gasteiger partial charge in [-0.2, -0.15) is 11.8 Å². The molecule has 0 amide bonds. The Bertz CT molecular complexity index is 382. The first-order valence-corrected chi connectivity index (χ1v) is 8.12. The Morgan fingerprint density at radius 3 is 2.94 bits per heavy atom. The summed E-state index contributed by atoms with van der Waals surface area (Å²) in [6.45, 7) is 2.18. The van der Waals surface area contributed by atoms with Crippen LogP contribution in [0.15, 0.2) is 5.38 Å². The normalized spacial score (nSPS) is 12.2. The van der Waals surface area contributed by atoms with Crippen molar-refractivity contribution in [3.63, 3.8) is 0 Å². The van der Waals surface area contributed by atoms with E-state index in [1.54, 1.807) is 11.3 Å². The lowest BCUT2D eigenvalue weighted by Gasteiger charge is -2.26. The third kappa shape index (κ3) is 4.17. The molecule has 0 spiro atoms. The van der Waals surface area contributed by atoms with Crippen molar-refractivity contribution in [3.05, 3.63) is 11.1 Å². The molecule has 1 heterocycles. The maximum Gasteiger partial charge on any atom is 0.311 e. The van der Waals surface area contributed by atoms with E-state index >= 15 is 0 Å². The number of carbonyl (C=O) groups is 1. The number of thiazole rings is 1. The number of hydrogen-bond acceptors (Lipinski definition) is 6. The van der Waals surface area contributed by atoms with Gasteiger partial charge in [0.25, 0.3) is 0 Å². The summed E-state index contributed by atoms with van der Waals surface area (Å²) >= 11 is 3.42. The Morgan fingerprint density at radius 2 is 2.39 bits per heavy atom. The van der Waals surface area contributed by atoms with Gasteiger partial charge in [0, 0.05) is 24.2 Å². The molecule has 0 bridgehead atoms. The lowest BCUT2D eigenvalue weighted by Crippen LogP contribution is -2.33. The van der Waals surface area contributed by atoms with Crippen LogP contribution in [0.4, 0.5) is 5.13 Å². The molecule has 0 radical (unpaired) electrons. The van der Waals surface area contributed by atoms with Crippen LogP contribution in [-0.2, 0) is 16.0 Å². The molecule has 1 atom stereocenters. The van der Waals surface area contributed by atoms with Crippen LogP contribution in [0.1, 0.15) is 19.0 Å². The predicted molar refractivity (Wildman–Crippen MR) is 78.7 cm³/mol. The van der Waals surface area contributed by atoms with E-state index in [9.17, 15) is 4.79 Å². The van der Waals surface area contributed by atoms with Gasteiger partial charge >= 0.3 is 5.97 Å². The number of thioether (sulfide) groups is 1. The molecule has 1 rings (SSSR count). The van der Waals surface area contributed by atoms with Crippen LogP contribution >= 0.6 is 23.1 Å². The van der Waals surface area contributed by atoms with Gasteiger partial charge in [0.2, 0.25) is 0 Å². The summed E-state index contributed by atoms with van der Waals surface area (Å²) in [5.74, 6) is 0.837. The van der Waals surface area contributed by atoms with Crippen molar-refractivity contribution < 1.29 is 9.53 Å². The van der Waals surface area contributed by atoms with E-state index in [0.29, 0.717) is 6.04 Å². The van der Waals surface area contributed by atoms with Gasteiger partial charge in [-0.25, -0.2) is 4.98 Å². The molecule has 0 aliphatic heterocycles. The van der Waals surface area contributed by atoms with Crippen LogP contribution < -0.4 is 4.90 Å². The Kier molecular flexibility index (Phi) is 6.49. The van der Waals surface area contributed by atoms with E-state index in [2.05, 4.69) is 34.8 Å². The topological polar surface area (TPSA) is 42.4 Å². The highest BCUT2D eigenvalue weighted by molar-refractivity contribution is 7.98. The lowest BCUT2D eigenvalue weighted by atomic mass is 10.2. The number of methoxy groups -OCH3 is 1. The van der Waals surface area contributed by atoms with Crippen LogP contribution in [0, 0.1) is 0 Å². The van der Waals surface area contributed by atoms with Crippen molar-refractivity contribution >= 4 is 34.2 Å². The number of nitrogens with zero attached hydrogens (tertiary/aromatic N) is 2. The number of ether oxygens (including phenoxy) is 1. The third-order valence-electron chi connectivity index (χ3n) is 2.77. The fraction of sp³-hybridized carbons (Fsp3) is 0.667. The smallest absolute Gasteiger partial charge is 0.311 e. The van der Waals surface area contributed by atoms with Crippen molar-refractivity contribution in [2.45, 2.75) is 25.8 Å². The number of hydrogen-bond donors (Lipinski definition) is 0. The minimum absolute atomic E-state index is 0.245. The number of rotatable bonds is 7. The average Bonchev–Trinajstić information content (AvgIpc) is 2.83. The molecule has 1 aromatic rings. The van der Waals surface area contributed by atoms with Crippen molar-refractivity contribution in [2.75, 3.05) is 31.1 Å². The molecule has 0 N–H and O–H groups in total. The van der Waals surface area contributed by atoms with Crippen LogP contribution in [0.5, 0.6) is 0 Å². The van der Waals surface area contributed by atoms with E-state index in [1.807, 2.05) is 17.1 Å². The molecule has 6 heteroatoms. The van der Waals surface area contributed by atoms with E-state index < -0.39 is 0 Å². The van der Waals surface area contributed by atoms with E-state index in [-0.39, 0.29) is 12.4 Å². The first-order valence-electron chi connectivity index (χ1n) is 5.85. The summed E-state index contributed by atoms with van der Waals surface area (Å²) in [5, 5.41) is 2.89. The monoisotopic (exact) mass is 288 g/mol. The summed E-state index contributed by atoms with van der Waals surface area (Å²) in [6.07, 6.45) is 3.45. The third-order valence-corrected chi connectivity index (χ3v) is 4.47. The highest BCUT2D eigenvalue weighted by atomic mass is 32.2. The first-order chi connectivity index (χ1) is 8.62. The lowest BCUT2D eigenvalue weighted by molar-refractivity contribution is -0.139. The molecule has 102 valence electrons. The minimum Gasteiger partial charge on any atom is -0.469 e. The average molecular weight is 288 g/mol. The largest absolute Gasteiger partial charge is 0.469 e. The molecule has 0 fully saturated rings. The van der Waals surface area contributed by atoms with Gasteiger partial charge in [-0.15, -0.1) is 11.3 Å². The Morgan fingerprint density at radius 1 is 1.67 bits per heavy atom. The maximum absolute atomic E-state index is 11.2. The molecular formula is C12H20N2O2S2. The zero-order valence-electron chi connectivity index (χ0n) is 11.3. The summed E-state index contributed by atoms with van der Waals surface area (Å²) in [7, 11) is 3.46. The standard InChI is InChI=1S/C12H20N2O2S2/c1-5-10(8-17-4)14(2)12-13-9(7-18-12)6-11(15)16-3/h7,10H,5-6,8H2,1-4H3. The van der Waals surface area contributed by atoms with Gasteiger partial charge in [-0.05, 0) is 12.7 Å². The quantitative estimate of drug-likeness (QED) is 0.721. The molecule has 0 aliphatic carbocycles. The molecule has 1 unspecified atom stereocenters. The zero-order valence-corrected chi connectivity index (χ0v) is 12.9. The number of aromatic nitrogens is 1. The summed E-state index contributed by atoms with van der Waals surface area (Å²) < 4.78 is 4.64. The zero-order chi connectivity index (χ0) is 13.5. The first kappa shape index (κ1) is 15.3.